The number of nitrogens with zero attached hydrogens (tertiary/aromatic N) is 4. The van der Waals surface area contributed by atoms with Gasteiger partial charge < -0.3 is 10.1 Å². The van der Waals surface area contributed by atoms with Gasteiger partial charge in [0.15, 0.2) is 5.82 Å². The van der Waals surface area contributed by atoms with E-state index in [0.717, 1.165) is 40.1 Å². The number of hydrogen-bond donors (Lipinski definition) is 1. The minimum atomic E-state index is 0.626. The fraction of sp³-hybridized carbons (Fsp3) is 0.250. The number of ether oxygens (including phenoxy) is 1. The van der Waals surface area contributed by atoms with Crippen molar-refractivity contribution in [2.75, 3.05) is 19.0 Å². The van der Waals surface area contributed by atoms with E-state index in [9.17, 15) is 0 Å². The third kappa shape index (κ3) is 4.08. The van der Waals surface area contributed by atoms with Crippen LogP contribution in [0.15, 0.2) is 36.5 Å². The summed E-state index contributed by atoms with van der Waals surface area (Å²) in [5, 5.41) is 4.03. The van der Waals surface area contributed by atoms with Crippen molar-refractivity contribution < 1.29 is 4.74 Å². The first-order valence-electron chi connectivity index (χ1n) is 7.23. The highest BCUT2D eigenvalue weighted by molar-refractivity contribution is 7.09. The highest BCUT2D eigenvalue weighted by Crippen LogP contribution is 2.22. The van der Waals surface area contributed by atoms with Crippen LogP contribution in [0.3, 0.4) is 0 Å². The molecule has 1 N–H and O–H groups in total. The fourth-order valence-corrected chi connectivity index (χ4v) is 2.65. The van der Waals surface area contributed by atoms with Crippen molar-refractivity contribution in [1.29, 1.82) is 0 Å². The Hall–Kier alpha value is -2.38. The molecular weight excluding hydrogens is 310 g/mol. The molecule has 0 saturated heterocycles. The maximum atomic E-state index is 5.03. The molecule has 23 heavy (non-hydrogen) atoms. The van der Waals surface area contributed by atoms with Gasteiger partial charge in [0.2, 0.25) is 5.13 Å². The van der Waals surface area contributed by atoms with Gasteiger partial charge in [-0.05, 0) is 37.3 Å². The lowest BCUT2D eigenvalue weighted by atomic mass is 10.2. The van der Waals surface area contributed by atoms with E-state index < -0.39 is 0 Å². The summed E-state index contributed by atoms with van der Waals surface area (Å²) in [6.45, 7) is 2.58. The second-order valence-corrected chi connectivity index (χ2v) is 5.73. The third-order valence-electron chi connectivity index (χ3n) is 3.19. The normalized spacial score (nSPS) is 10.7. The SMILES string of the molecule is COCCc1nsc(Nc2ccc(-c3nccc(C)n3)cc2)n1. The summed E-state index contributed by atoms with van der Waals surface area (Å²) in [7, 11) is 1.67. The highest BCUT2D eigenvalue weighted by Gasteiger charge is 2.05. The lowest BCUT2D eigenvalue weighted by Gasteiger charge is -2.04. The first kappa shape index (κ1) is 15.5. The van der Waals surface area contributed by atoms with E-state index in [-0.39, 0.29) is 0 Å². The van der Waals surface area contributed by atoms with Crippen molar-refractivity contribution in [1.82, 2.24) is 19.3 Å². The zero-order valence-electron chi connectivity index (χ0n) is 13.0. The van der Waals surface area contributed by atoms with E-state index in [1.54, 1.807) is 13.3 Å². The molecule has 6 nitrogen and oxygen atoms in total. The average molecular weight is 327 g/mol. The van der Waals surface area contributed by atoms with Crippen LogP contribution in [0.25, 0.3) is 11.4 Å². The third-order valence-corrected chi connectivity index (χ3v) is 3.86. The van der Waals surface area contributed by atoms with Gasteiger partial charge in [-0.25, -0.2) is 15.0 Å². The van der Waals surface area contributed by atoms with Crippen LogP contribution in [0.1, 0.15) is 11.5 Å². The van der Waals surface area contributed by atoms with Crippen molar-refractivity contribution in [2.24, 2.45) is 0 Å². The van der Waals surface area contributed by atoms with Gasteiger partial charge >= 0.3 is 0 Å². The van der Waals surface area contributed by atoms with Gasteiger partial charge in [-0.1, -0.05) is 0 Å². The zero-order chi connectivity index (χ0) is 16.1. The maximum Gasteiger partial charge on any atom is 0.207 e. The molecular formula is C16H17N5OS. The Morgan fingerprint density at radius 1 is 1.13 bits per heavy atom. The van der Waals surface area contributed by atoms with Gasteiger partial charge in [0.1, 0.15) is 5.82 Å². The van der Waals surface area contributed by atoms with Crippen LogP contribution in [0.4, 0.5) is 10.8 Å². The molecule has 0 unspecified atom stereocenters. The highest BCUT2D eigenvalue weighted by atomic mass is 32.1. The molecule has 0 radical (unpaired) electrons. The van der Waals surface area contributed by atoms with Gasteiger partial charge in [0.05, 0.1) is 6.61 Å². The van der Waals surface area contributed by atoms with Crippen LogP contribution >= 0.6 is 11.5 Å². The predicted octanol–water partition coefficient (Wildman–Crippen LogP) is 3.24. The molecule has 1 aromatic carbocycles. The average Bonchev–Trinajstić information content (AvgIpc) is 3.01. The molecule has 2 heterocycles. The van der Waals surface area contributed by atoms with Crippen LogP contribution in [0.2, 0.25) is 0 Å². The Morgan fingerprint density at radius 3 is 2.70 bits per heavy atom. The van der Waals surface area contributed by atoms with Crippen LogP contribution in [-0.4, -0.2) is 33.0 Å². The molecule has 0 saturated carbocycles. The van der Waals surface area contributed by atoms with Crippen LogP contribution in [0.5, 0.6) is 0 Å². The number of aryl methyl sites for hydroxylation is 1. The summed E-state index contributed by atoms with van der Waals surface area (Å²) in [4.78, 5) is 13.1. The summed E-state index contributed by atoms with van der Waals surface area (Å²) < 4.78 is 9.32. The summed E-state index contributed by atoms with van der Waals surface area (Å²) in [5.74, 6) is 1.53. The smallest absolute Gasteiger partial charge is 0.207 e. The number of nitrogens with one attached hydrogen (secondary N) is 1. The van der Waals surface area contributed by atoms with E-state index in [1.165, 1.54) is 11.5 Å². The number of methoxy groups -OCH3 is 1. The molecule has 0 bridgehead atoms. The van der Waals surface area contributed by atoms with Crippen molar-refractivity contribution in [3.8, 4) is 11.4 Å². The molecule has 0 aliphatic heterocycles. The monoisotopic (exact) mass is 327 g/mol. The van der Waals surface area contributed by atoms with Gasteiger partial charge in [0.25, 0.3) is 0 Å². The number of rotatable bonds is 6. The van der Waals surface area contributed by atoms with Gasteiger partial charge in [-0.15, -0.1) is 0 Å². The molecule has 0 aliphatic rings. The Bertz CT molecular complexity index is 772. The van der Waals surface area contributed by atoms with Crippen molar-refractivity contribution >= 4 is 22.4 Å². The van der Waals surface area contributed by atoms with E-state index >= 15 is 0 Å². The van der Waals surface area contributed by atoms with E-state index in [0.29, 0.717) is 6.61 Å². The van der Waals surface area contributed by atoms with Gasteiger partial charge in [-0.2, -0.15) is 4.37 Å². The van der Waals surface area contributed by atoms with Gasteiger partial charge in [0, 0.05) is 48.2 Å². The largest absolute Gasteiger partial charge is 0.384 e. The fourth-order valence-electron chi connectivity index (χ4n) is 2.01. The molecule has 2 aromatic heterocycles. The van der Waals surface area contributed by atoms with Crippen LogP contribution in [0, 0.1) is 6.92 Å². The molecule has 0 aliphatic carbocycles. The van der Waals surface area contributed by atoms with E-state index in [1.807, 2.05) is 37.3 Å². The number of benzene rings is 1. The second kappa shape index (κ2) is 7.26. The summed E-state index contributed by atoms with van der Waals surface area (Å²) >= 11 is 1.34. The lowest BCUT2D eigenvalue weighted by Crippen LogP contribution is -1.97. The predicted molar refractivity (Wildman–Crippen MR) is 91.0 cm³/mol. The summed E-state index contributed by atoms with van der Waals surface area (Å²) in [6.07, 6.45) is 2.49. The number of anilines is 2. The number of aromatic nitrogens is 4. The molecule has 0 atom stereocenters. The maximum absolute atomic E-state index is 5.03. The zero-order valence-corrected chi connectivity index (χ0v) is 13.8. The Balaban J connectivity index is 1.69. The minimum absolute atomic E-state index is 0.626. The first-order valence-corrected chi connectivity index (χ1v) is 8.00. The molecule has 0 amide bonds. The summed E-state index contributed by atoms with van der Waals surface area (Å²) in [5.41, 5.74) is 2.89. The quantitative estimate of drug-likeness (QED) is 0.749. The molecule has 0 spiro atoms. The topological polar surface area (TPSA) is 72.8 Å². The number of hydrogen-bond acceptors (Lipinski definition) is 7. The standard InChI is InChI=1S/C16H17N5OS/c1-11-7-9-17-15(18-11)12-3-5-13(6-4-12)19-16-20-14(21-23-16)8-10-22-2/h3-7,9H,8,10H2,1-2H3,(H,19,20,21). The van der Waals surface area contributed by atoms with Crippen molar-refractivity contribution in [3.05, 3.63) is 48.0 Å². The van der Waals surface area contributed by atoms with Gasteiger partial charge in [-0.3, -0.25) is 0 Å². The Morgan fingerprint density at radius 2 is 1.96 bits per heavy atom. The van der Waals surface area contributed by atoms with Crippen LogP contribution < -0.4 is 5.32 Å². The van der Waals surface area contributed by atoms with Crippen LogP contribution in [-0.2, 0) is 11.2 Å². The second-order valence-electron chi connectivity index (χ2n) is 4.98. The Labute approximate surface area is 138 Å². The van der Waals surface area contributed by atoms with E-state index in [2.05, 4.69) is 24.6 Å². The van der Waals surface area contributed by atoms with Crippen molar-refractivity contribution in [3.63, 3.8) is 0 Å². The molecule has 0 fully saturated rings. The minimum Gasteiger partial charge on any atom is -0.384 e. The molecule has 3 aromatic rings. The van der Waals surface area contributed by atoms with Crippen molar-refractivity contribution in [2.45, 2.75) is 13.3 Å². The lowest BCUT2D eigenvalue weighted by molar-refractivity contribution is 0.201. The molecule has 3 rings (SSSR count). The van der Waals surface area contributed by atoms with E-state index in [4.69, 9.17) is 4.74 Å². The Kier molecular flexibility index (Phi) is 4.89. The molecule has 7 heteroatoms. The first-order chi connectivity index (χ1) is 11.2. The molecule has 118 valence electrons. The summed E-state index contributed by atoms with van der Waals surface area (Å²) in [6, 6.07) is 9.83.